The Bertz CT molecular complexity index is 772. The van der Waals surface area contributed by atoms with E-state index in [4.69, 9.17) is 0 Å². The lowest BCUT2D eigenvalue weighted by molar-refractivity contribution is -0.105. The van der Waals surface area contributed by atoms with Crippen molar-refractivity contribution >= 4 is 0 Å². The van der Waals surface area contributed by atoms with E-state index in [-0.39, 0.29) is 23.0 Å². The zero-order valence-corrected chi connectivity index (χ0v) is 20.7. The van der Waals surface area contributed by atoms with Crippen LogP contribution in [0.5, 0.6) is 0 Å². The van der Waals surface area contributed by atoms with Gasteiger partial charge in [-0.25, -0.2) is 0 Å². The van der Waals surface area contributed by atoms with Crippen LogP contribution in [0.25, 0.3) is 0 Å². The largest absolute Gasteiger partial charge is 0.392 e. The molecule has 1 spiro atoms. The normalized spacial score (nSPS) is 48.3. The molecule has 0 unspecified atom stereocenters. The van der Waals surface area contributed by atoms with Gasteiger partial charge >= 0.3 is 0 Å². The zero-order valence-electron chi connectivity index (χ0n) is 20.7. The van der Waals surface area contributed by atoms with Crippen LogP contribution in [0.2, 0.25) is 0 Å². The predicted octanol–water partition coefficient (Wildman–Crippen LogP) is 6.67. The first-order valence-corrected chi connectivity index (χ1v) is 13.4. The van der Waals surface area contributed by atoms with Crippen molar-refractivity contribution in [2.75, 3.05) is 0 Å². The van der Waals surface area contributed by atoms with E-state index >= 15 is 0 Å². The highest BCUT2D eigenvalue weighted by Crippen LogP contribution is 2.72. The minimum absolute atomic E-state index is 0.0252. The second-order valence-electron chi connectivity index (χ2n) is 13.1. The first kappa shape index (κ1) is 22.2. The maximum atomic E-state index is 11.5. The Labute approximate surface area is 190 Å². The summed E-state index contributed by atoms with van der Waals surface area (Å²) in [5, 5.41) is 22.3. The van der Waals surface area contributed by atoms with E-state index in [1.165, 1.54) is 49.7 Å². The van der Waals surface area contributed by atoms with E-state index in [0.717, 1.165) is 37.5 Å². The van der Waals surface area contributed by atoms with Gasteiger partial charge in [0.05, 0.1) is 12.2 Å². The molecule has 0 aromatic rings. The highest BCUT2D eigenvalue weighted by atomic mass is 16.3. The average Bonchev–Trinajstić information content (AvgIpc) is 3.42. The van der Waals surface area contributed by atoms with Gasteiger partial charge in [-0.05, 0) is 118 Å². The van der Waals surface area contributed by atoms with Gasteiger partial charge in [-0.3, -0.25) is 0 Å². The number of aliphatic hydroxyl groups is 2. The first-order valence-electron chi connectivity index (χ1n) is 13.4. The van der Waals surface area contributed by atoms with E-state index in [9.17, 15) is 10.2 Å². The Kier molecular flexibility index (Phi) is 5.34. The van der Waals surface area contributed by atoms with Gasteiger partial charge in [-0.1, -0.05) is 44.1 Å². The second-order valence-corrected chi connectivity index (χ2v) is 13.1. The number of aliphatic hydroxyl groups excluding tert-OH is 2. The average molecular weight is 427 g/mol. The summed E-state index contributed by atoms with van der Waals surface area (Å²) in [7, 11) is 0. The molecule has 0 aromatic heterocycles. The molecule has 4 saturated carbocycles. The predicted molar refractivity (Wildman–Crippen MR) is 127 cm³/mol. The topological polar surface area (TPSA) is 40.5 Å². The van der Waals surface area contributed by atoms with E-state index in [1.54, 1.807) is 0 Å². The minimum atomic E-state index is -0.305. The molecule has 31 heavy (non-hydrogen) atoms. The highest BCUT2D eigenvalue weighted by Gasteiger charge is 2.66. The zero-order chi connectivity index (χ0) is 22.2. The third-order valence-corrected chi connectivity index (χ3v) is 11.3. The molecule has 5 aliphatic carbocycles. The quantitative estimate of drug-likeness (QED) is 0.493. The summed E-state index contributed by atoms with van der Waals surface area (Å²) >= 11 is 0. The van der Waals surface area contributed by atoms with E-state index in [0.29, 0.717) is 23.2 Å². The van der Waals surface area contributed by atoms with Crippen molar-refractivity contribution in [1.29, 1.82) is 0 Å². The summed E-state index contributed by atoms with van der Waals surface area (Å²) in [5.74, 6) is 3.26. The van der Waals surface area contributed by atoms with Gasteiger partial charge in [0.25, 0.3) is 0 Å². The second kappa shape index (κ2) is 7.45. The molecular weight excluding hydrogens is 380 g/mol. The summed E-state index contributed by atoms with van der Waals surface area (Å²) in [6.07, 6.45) is 16.3. The van der Waals surface area contributed by atoms with Gasteiger partial charge < -0.3 is 10.2 Å². The summed E-state index contributed by atoms with van der Waals surface area (Å²) in [6, 6.07) is 0. The van der Waals surface area contributed by atoms with Crippen molar-refractivity contribution < 1.29 is 10.2 Å². The summed E-state index contributed by atoms with van der Waals surface area (Å²) in [6.45, 7) is 12.0. The molecule has 0 heterocycles. The first-order chi connectivity index (χ1) is 14.6. The highest BCUT2D eigenvalue weighted by molar-refractivity contribution is 5.38. The molecule has 0 bridgehead atoms. The fourth-order valence-corrected chi connectivity index (χ4v) is 9.58. The van der Waals surface area contributed by atoms with Gasteiger partial charge in [0, 0.05) is 5.41 Å². The number of fused-ring (bicyclic) bond motifs is 6. The van der Waals surface area contributed by atoms with Crippen molar-refractivity contribution in [1.82, 2.24) is 0 Å². The third kappa shape index (κ3) is 3.17. The maximum Gasteiger partial charge on any atom is 0.0757 e. The molecule has 2 N–H and O–H groups in total. The SMILES string of the molecule is CC(C)=CCC[C@@H](C)[C@H]1CC[C@H]2[C@@H]3[C@H](O)C=C4C5(CC5)[C@H](O)CC[C@]4(C)[C@H]3CC[C@]12C. The third-order valence-electron chi connectivity index (χ3n) is 11.3. The summed E-state index contributed by atoms with van der Waals surface area (Å²) in [5.41, 5.74) is 3.52. The number of allylic oxidation sites excluding steroid dienone is 2. The van der Waals surface area contributed by atoms with Crippen LogP contribution in [-0.2, 0) is 0 Å². The van der Waals surface area contributed by atoms with Gasteiger partial charge in [-0.15, -0.1) is 0 Å². The molecule has 4 fully saturated rings. The lowest BCUT2D eigenvalue weighted by Gasteiger charge is -2.61. The number of hydrogen-bond acceptors (Lipinski definition) is 2. The molecule has 174 valence electrons. The van der Waals surface area contributed by atoms with Crippen LogP contribution in [0.15, 0.2) is 23.3 Å². The molecule has 0 aromatic carbocycles. The van der Waals surface area contributed by atoms with Crippen molar-refractivity contribution in [2.24, 2.45) is 45.8 Å². The minimum Gasteiger partial charge on any atom is -0.392 e. The molecule has 0 radical (unpaired) electrons. The van der Waals surface area contributed by atoms with Crippen LogP contribution in [-0.4, -0.2) is 22.4 Å². The Morgan fingerprint density at radius 2 is 1.77 bits per heavy atom. The van der Waals surface area contributed by atoms with Gasteiger partial charge in [-0.2, -0.15) is 0 Å². The Hall–Kier alpha value is -0.600. The van der Waals surface area contributed by atoms with Crippen LogP contribution < -0.4 is 0 Å². The fourth-order valence-electron chi connectivity index (χ4n) is 9.58. The van der Waals surface area contributed by atoms with Crippen molar-refractivity contribution in [3.63, 3.8) is 0 Å². The number of rotatable bonds is 4. The molecule has 0 amide bonds. The smallest absolute Gasteiger partial charge is 0.0757 e. The standard InChI is InChI=1S/C29H46O2/c1-18(2)7-6-8-19(3)20-9-10-21-26-22(11-13-27(20,21)4)28(5)14-12-25(31)29(15-16-29)24(28)17-23(26)30/h7,17,19-23,25-26,30-31H,6,8-16H2,1-5H3/t19-,20-,21+,22+,23-,25-,26+,27-,28-/m1/s1. The number of hydrogen-bond donors (Lipinski definition) is 2. The lowest BCUT2D eigenvalue weighted by Crippen LogP contribution is -2.56. The molecular formula is C29H46O2. The van der Waals surface area contributed by atoms with Crippen molar-refractivity contribution in [3.05, 3.63) is 23.3 Å². The fraction of sp³-hybridized carbons (Fsp3) is 0.862. The van der Waals surface area contributed by atoms with E-state index in [2.05, 4.69) is 46.8 Å². The Morgan fingerprint density at radius 3 is 2.45 bits per heavy atom. The maximum absolute atomic E-state index is 11.5. The van der Waals surface area contributed by atoms with Crippen molar-refractivity contribution in [2.45, 2.75) is 111 Å². The molecule has 2 heteroatoms. The van der Waals surface area contributed by atoms with Crippen LogP contribution in [0.4, 0.5) is 0 Å². The van der Waals surface area contributed by atoms with Crippen LogP contribution in [0, 0.1) is 45.8 Å². The molecule has 0 saturated heterocycles. The monoisotopic (exact) mass is 426 g/mol. The Balaban J connectivity index is 1.41. The lowest BCUT2D eigenvalue weighted by atomic mass is 9.45. The van der Waals surface area contributed by atoms with E-state index < -0.39 is 0 Å². The van der Waals surface area contributed by atoms with Crippen LogP contribution in [0.3, 0.4) is 0 Å². The van der Waals surface area contributed by atoms with Gasteiger partial charge in [0.2, 0.25) is 0 Å². The molecule has 9 atom stereocenters. The van der Waals surface area contributed by atoms with Crippen LogP contribution in [0.1, 0.15) is 98.8 Å². The van der Waals surface area contributed by atoms with Gasteiger partial charge in [0.1, 0.15) is 0 Å². The molecule has 2 nitrogen and oxygen atoms in total. The van der Waals surface area contributed by atoms with Crippen LogP contribution >= 0.6 is 0 Å². The molecule has 0 aliphatic heterocycles. The van der Waals surface area contributed by atoms with Crippen molar-refractivity contribution in [3.8, 4) is 0 Å². The van der Waals surface area contributed by atoms with E-state index in [1.807, 2.05) is 0 Å². The van der Waals surface area contributed by atoms with Gasteiger partial charge in [0.15, 0.2) is 0 Å². The molecule has 5 aliphatic rings. The summed E-state index contributed by atoms with van der Waals surface area (Å²) in [4.78, 5) is 0. The summed E-state index contributed by atoms with van der Waals surface area (Å²) < 4.78 is 0. The Morgan fingerprint density at radius 1 is 1.03 bits per heavy atom. The molecule has 5 rings (SSSR count).